The number of nitrogens with zero attached hydrogens (tertiary/aromatic N) is 1. The Morgan fingerprint density at radius 2 is 1.69 bits per heavy atom. The van der Waals surface area contributed by atoms with E-state index < -0.39 is 10.0 Å². The Labute approximate surface area is 154 Å². The van der Waals surface area contributed by atoms with Gasteiger partial charge in [0.1, 0.15) is 5.76 Å². The van der Waals surface area contributed by atoms with Crippen LogP contribution in [0.25, 0.3) is 11.1 Å². The summed E-state index contributed by atoms with van der Waals surface area (Å²) in [6.45, 7) is 3.74. The molecule has 6 heteroatoms. The molecular formula is C20H22N2O3S. The van der Waals surface area contributed by atoms with E-state index in [2.05, 4.69) is 9.88 Å². The summed E-state index contributed by atoms with van der Waals surface area (Å²) in [4.78, 5) is 0. The van der Waals surface area contributed by atoms with Gasteiger partial charge in [-0.2, -0.15) is 0 Å². The molecule has 0 aliphatic carbocycles. The zero-order valence-corrected chi connectivity index (χ0v) is 15.7. The third kappa shape index (κ3) is 4.52. The lowest BCUT2D eigenvalue weighted by Gasteiger charge is -2.09. The summed E-state index contributed by atoms with van der Waals surface area (Å²) in [5, 5.41) is 3.95. The number of hydrogen-bond donors (Lipinski definition) is 1. The first-order valence-corrected chi connectivity index (χ1v) is 10.2. The molecule has 0 saturated carbocycles. The lowest BCUT2D eigenvalue weighted by molar-refractivity contribution is 0.393. The maximum Gasteiger partial charge on any atom is 0.232 e. The normalized spacial score (nSPS) is 11.5. The lowest BCUT2D eigenvalue weighted by atomic mass is 10.0. The van der Waals surface area contributed by atoms with Crippen molar-refractivity contribution in [3.05, 3.63) is 71.6 Å². The minimum Gasteiger partial charge on any atom is -0.361 e. The SMILES string of the molecule is Cc1noc(C)c1-c1ccc(NS(=O)(=O)CCCc2ccccc2)cc1. The molecule has 0 spiro atoms. The summed E-state index contributed by atoms with van der Waals surface area (Å²) < 4.78 is 32.4. The fraction of sp³-hybridized carbons (Fsp3) is 0.250. The first-order valence-electron chi connectivity index (χ1n) is 8.52. The van der Waals surface area contributed by atoms with E-state index in [9.17, 15) is 8.42 Å². The molecule has 0 aliphatic heterocycles. The molecule has 0 bridgehead atoms. The van der Waals surface area contributed by atoms with E-state index >= 15 is 0 Å². The number of hydrogen-bond acceptors (Lipinski definition) is 4. The zero-order valence-electron chi connectivity index (χ0n) is 14.9. The molecule has 0 atom stereocenters. The Hall–Kier alpha value is -2.60. The number of rotatable bonds is 7. The second-order valence-corrected chi connectivity index (χ2v) is 8.13. The van der Waals surface area contributed by atoms with E-state index in [1.807, 2.05) is 56.3 Å². The predicted molar refractivity (Wildman–Crippen MR) is 104 cm³/mol. The van der Waals surface area contributed by atoms with Gasteiger partial charge in [-0.15, -0.1) is 0 Å². The van der Waals surface area contributed by atoms with Gasteiger partial charge in [0.25, 0.3) is 0 Å². The molecule has 136 valence electrons. The second-order valence-electron chi connectivity index (χ2n) is 6.29. The third-order valence-corrected chi connectivity index (χ3v) is 5.57. The zero-order chi connectivity index (χ0) is 18.6. The molecule has 0 radical (unpaired) electrons. The molecule has 26 heavy (non-hydrogen) atoms. The first-order chi connectivity index (χ1) is 12.4. The minimum atomic E-state index is -3.37. The van der Waals surface area contributed by atoms with Gasteiger partial charge in [-0.05, 0) is 49.9 Å². The topological polar surface area (TPSA) is 72.2 Å². The van der Waals surface area contributed by atoms with Crippen molar-refractivity contribution in [2.24, 2.45) is 0 Å². The molecular weight excluding hydrogens is 348 g/mol. The fourth-order valence-electron chi connectivity index (χ4n) is 2.94. The monoisotopic (exact) mass is 370 g/mol. The maximum atomic E-state index is 12.3. The van der Waals surface area contributed by atoms with Crippen molar-refractivity contribution in [2.75, 3.05) is 10.5 Å². The molecule has 1 heterocycles. The largest absolute Gasteiger partial charge is 0.361 e. The van der Waals surface area contributed by atoms with Gasteiger partial charge in [-0.3, -0.25) is 4.72 Å². The van der Waals surface area contributed by atoms with E-state index in [0.717, 1.165) is 34.6 Å². The van der Waals surface area contributed by atoms with Crippen LogP contribution in [-0.2, 0) is 16.4 Å². The van der Waals surface area contributed by atoms with Crippen molar-refractivity contribution < 1.29 is 12.9 Å². The number of sulfonamides is 1. The second kappa shape index (κ2) is 7.74. The Balaban J connectivity index is 1.61. The van der Waals surface area contributed by atoms with Gasteiger partial charge in [0, 0.05) is 11.3 Å². The summed E-state index contributed by atoms with van der Waals surface area (Å²) in [6.07, 6.45) is 1.32. The molecule has 0 amide bonds. The summed E-state index contributed by atoms with van der Waals surface area (Å²) in [6, 6.07) is 17.1. The number of nitrogens with one attached hydrogen (secondary N) is 1. The van der Waals surface area contributed by atoms with Crippen LogP contribution >= 0.6 is 0 Å². The van der Waals surface area contributed by atoms with Gasteiger partial charge in [-0.1, -0.05) is 47.6 Å². The smallest absolute Gasteiger partial charge is 0.232 e. The molecule has 5 nitrogen and oxygen atoms in total. The molecule has 0 aliphatic rings. The predicted octanol–water partition coefficient (Wildman–Crippen LogP) is 4.33. The van der Waals surface area contributed by atoms with Gasteiger partial charge in [0.05, 0.1) is 11.4 Å². The third-order valence-electron chi connectivity index (χ3n) is 4.20. The molecule has 0 saturated heterocycles. The lowest BCUT2D eigenvalue weighted by Crippen LogP contribution is -2.17. The molecule has 1 N–H and O–H groups in total. The van der Waals surface area contributed by atoms with Gasteiger partial charge in [0.15, 0.2) is 0 Å². The van der Waals surface area contributed by atoms with Crippen LogP contribution in [0.1, 0.15) is 23.4 Å². The van der Waals surface area contributed by atoms with E-state index in [1.165, 1.54) is 0 Å². The van der Waals surface area contributed by atoms with Gasteiger partial charge in [-0.25, -0.2) is 8.42 Å². The molecule has 2 aromatic carbocycles. The average molecular weight is 370 g/mol. The number of anilines is 1. The molecule has 3 rings (SSSR count). The van der Waals surface area contributed by atoms with Crippen molar-refractivity contribution in [1.82, 2.24) is 5.16 Å². The summed E-state index contributed by atoms with van der Waals surface area (Å²) in [5.41, 5.74) is 4.42. The maximum absolute atomic E-state index is 12.3. The van der Waals surface area contributed by atoms with Crippen molar-refractivity contribution in [2.45, 2.75) is 26.7 Å². The summed E-state index contributed by atoms with van der Waals surface area (Å²) >= 11 is 0. The molecule has 3 aromatic rings. The van der Waals surface area contributed by atoms with Gasteiger partial charge in [0.2, 0.25) is 10.0 Å². The average Bonchev–Trinajstić information content (AvgIpc) is 2.95. The molecule has 0 fully saturated rings. The first kappa shape index (κ1) is 18.2. The van der Waals surface area contributed by atoms with Crippen molar-refractivity contribution in [1.29, 1.82) is 0 Å². The summed E-state index contributed by atoms with van der Waals surface area (Å²) in [5.74, 6) is 0.838. The standard InChI is InChI=1S/C20H22N2O3S/c1-15-20(16(2)25-21-15)18-10-12-19(13-11-18)22-26(23,24)14-6-9-17-7-4-3-5-8-17/h3-5,7-8,10-13,22H,6,9,14H2,1-2H3. The van der Waals surface area contributed by atoms with E-state index in [1.54, 1.807) is 12.1 Å². The number of benzene rings is 2. The van der Waals surface area contributed by atoms with Crippen molar-refractivity contribution in [3.8, 4) is 11.1 Å². The van der Waals surface area contributed by atoms with Crippen LogP contribution < -0.4 is 4.72 Å². The minimum absolute atomic E-state index is 0.0908. The Kier molecular flexibility index (Phi) is 5.42. The highest BCUT2D eigenvalue weighted by Crippen LogP contribution is 2.28. The van der Waals surface area contributed by atoms with E-state index in [4.69, 9.17) is 4.52 Å². The van der Waals surface area contributed by atoms with Crippen LogP contribution in [0.4, 0.5) is 5.69 Å². The van der Waals surface area contributed by atoms with Crippen LogP contribution in [0.5, 0.6) is 0 Å². The van der Waals surface area contributed by atoms with Crippen LogP contribution in [0.3, 0.4) is 0 Å². The number of aryl methyl sites for hydroxylation is 3. The Morgan fingerprint density at radius 1 is 1.00 bits per heavy atom. The van der Waals surface area contributed by atoms with Crippen LogP contribution in [0.2, 0.25) is 0 Å². The van der Waals surface area contributed by atoms with E-state index in [-0.39, 0.29) is 5.75 Å². The highest BCUT2D eigenvalue weighted by molar-refractivity contribution is 7.92. The van der Waals surface area contributed by atoms with Crippen LogP contribution in [0.15, 0.2) is 59.1 Å². The highest BCUT2D eigenvalue weighted by atomic mass is 32.2. The fourth-order valence-corrected chi connectivity index (χ4v) is 4.06. The molecule has 0 unspecified atom stereocenters. The Morgan fingerprint density at radius 3 is 2.31 bits per heavy atom. The van der Waals surface area contributed by atoms with Gasteiger partial charge < -0.3 is 4.52 Å². The quantitative estimate of drug-likeness (QED) is 0.672. The highest BCUT2D eigenvalue weighted by Gasteiger charge is 2.13. The van der Waals surface area contributed by atoms with Gasteiger partial charge >= 0.3 is 0 Å². The number of aromatic nitrogens is 1. The Bertz CT molecular complexity index is 943. The summed E-state index contributed by atoms with van der Waals surface area (Å²) in [7, 11) is -3.37. The van der Waals surface area contributed by atoms with Crippen LogP contribution in [0, 0.1) is 13.8 Å². The van der Waals surface area contributed by atoms with Crippen LogP contribution in [-0.4, -0.2) is 19.3 Å². The molecule has 1 aromatic heterocycles. The van der Waals surface area contributed by atoms with E-state index in [0.29, 0.717) is 12.1 Å². The van der Waals surface area contributed by atoms with Crippen molar-refractivity contribution >= 4 is 15.7 Å². The van der Waals surface area contributed by atoms with Crippen molar-refractivity contribution in [3.63, 3.8) is 0 Å².